The molecular weight excluding hydrogens is 461 g/mol. The zero-order valence-corrected chi connectivity index (χ0v) is 21.1. The van der Waals surface area contributed by atoms with E-state index in [-0.39, 0.29) is 34.0 Å². The van der Waals surface area contributed by atoms with Crippen LogP contribution in [0, 0.1) is 19.7 Å². The number of halogens is 1. The monoisotopic (exact) mass is 491 g/mol. The first-order valence-electron chi connectivity index (χ1n) is 12.0. The molecule has 0 spiro atoms. The minimum absolute atomic E-state index is 0.119. The number of hydrogen-bond acceptors (Lipinski definition) is 5. The number of nitrogens with zero attached hydrogens (tertiary/aromatic N) is 3. The standard InChI is InChI=1S/C25H24FN5O3.C2H6/c1-13-4-11-19(18(26)12-13)28-22-20-21(14(2)23(32)29(22)3)30(16-7-5-15(27)6-8-16)25(34)31(24(20)33)17-9-10-17;1-2/h4-8,11-12,17,28H,9-10,27H2,1-3H3;1-2H3. The van der Waals surface area contributed by atoms with E-state index in [1.54, 1.807) is 50.2 Å². The third-order valence-corrected chi connectivity index (χ3v) is 6.28. The zero-order chi connectivity index (χ0) is 26.3. The smallest absolute Gasteiger partial charge is 0.336 e. The molecule has 0 unspecified atom stereocenters. The number of benzene rings is 2. The predicted octanol–water partition coefficient (Wildman–Crippen LogP) is 4.29. The van der Waals surface area contributed by atoms with E-state index in [0.29, 0.717) is 24.2 Å². The molecule has 2 heterocycles. The molecule has 8 nitrogen and oxygen atoms in total. The lowest BCUT2D eigenvalue weighted by molar-refractivity contribution is 0.630. The highest BCUT2D eigenvalue weighted by molar-refractivity contribution is 5.93. The molecule has 1 saturated carbocycles. The zero-order valence-electron chi connectivity index (χ0n) is 21.1. The molecule has 0 aliphatic heterocycles. The fraction of sp³-hybridized carbons (Fsp3) is 0.296. The topological polar surface area (TPSA) is 104 Å². The highest BCUT2D eigenvalue weighted by atomic mass is 19.1. The Morgan fingerprint density at radius 3 is 2.19 bits per heavy atom. The van der Waals surface area contributed by atoms with Crippen molar-refractivity contribution in [1.82, 2.24) is 13.7 Å². The van der Waals surface area contributed by atoms with Gasteiger partial charge in [-0.1, -0.05) is 19.9 Å². The van der Waals surface area contributed by atoms with Crippen LogP contribution in [0.2, 0.25) is 0 Å². The van der Waals surface area contributed by atoms with Crippen molar-refractivity contribution in [3.63, 3.8) is 0 Å². The number of pyridine rings is 1. The summed E-state index contributed by atoms with van der Waals surface area (Å²) in [5.74, 6) is -0.396. The van der Waals surface area contributed by atoms with Gasteiger partial charge in [-0.3, -0.25) is 23.3 Å². The van der Waals surface area contributed by atoms with Gasteiger partial charge in [-0.25, -0.2) is 9.18 Å². The molecule has 2 aromatic carbocycles. The molecule has 1 aliphatic rings. The second-order valence-electron chi connectivity index (χ2n) is 8.79. The summed E-state index contributed by atoms with van der Waals surface area (Å²) < 4.78 is 18.6. The fourth-order valence-corrected chi connectivity index (χ4v) is 4.33. The number of rotatable bonds is 4. The molecule has 1 fully saturated rings. The molecule has 3 N–H and O–H groups in total. The van der Waals surface area contributed by atoms with E-state index in [1.807, 2.05) is 13.8 Å². The minimum Gasteiger partial charge on any atom is -0.399 e. The van der Waals surface area contributed by atoms with Gasteiger partial charge in [0, 0.05) is 24.3 Å². The number of fused-ring (bicyclic) bond motifs is 1. The van der Waals surface area contributed by atoms with Crippen molar-refractivity contribution >= 4 is 28.1 Å². The van der Waals surface area contributed by atoms with Gasteiger partial charge in [-0.15, -0.1) is 0 Å². The van der Waals surface area contributed by atoms with Crippen LogP contribution in [-0.4, -0.2) is 13.7 Å². The number of hydrogen-bond donors (Lipinski definition) is 2. The molecule has 9 heteroatoms. The molecule has 0 amide bonds. The average molecular weight is 492 g/mol. The van der Waals surface area contributed by atoms with Gasteiger partial charge < -0.3 is 11.1 Å². The molecule has 2 aromatic heterocycles. The van der Waals surface area contributed by atoms with E-state index in [0.717, 1.165) is 5.56 Å². The average Bonchev–Trinajstić information content (AvgIpc) is 3.69. The minimum atomic E-state index is -0.520. The van der Waals surface area contributed by atoms with Crippen molar-refractivity contribution < 1.29 is 4.39 Å². The van der Waals surface area contributed by atoms with E-state index < -0.39 is 22.6 Å². The van der Waals surface area contributed by atoms with Gasteiger partial charge in [0.2, 0.25) is 0 Å². The molecule has 5 rings (SSSR count). The summed E-state index contributed by atoms with van der Waals surface area (Å²) in [6, 6.07) is 11.1. The Morgan fingerprint density at radius 2 is 1.61 bits per heavy atom. The number of anilines is 3. The highest BCUT2D eigenvalue weighted by Crippen LogP contribution is 2.34. The third-order valence-electron chi connectivity index (χ3n) is 6.28. The van der Waals surface area contributed by atoms with Crippen LogP contribution in [-0.2, 0) is 7.05 Å². The predicted molar refractivity (Wildman–Crippen MR) is 142 cm³/mol. The van der Waals surface area contributed by atoms with E-state index >= 15 is 0 Å². The second kappa shape index (κ2) is 9.49. The maximum atomic E-state index is 14.7. The molecule has 0 saturated heterocycles. The number of nitrogens with one attached hydrogen (secondary N) is 1. The van der Waals surface area contributed by atoms with Crippen LogP contribution >= 0.6 is 0 Å². The summed E-state index contributed by atoms with van der Waals surface area (Å²) in [6.07, 6.45) is 1.42. The molecule has 1 aliphatic carbocycles. The van der Waals surface area contributed by atoms with Crippen LogP contribution in [0.1, 0.15) is 43.9 Å². The van der Waals surface area contributed by atoms with E-state index in [4.69, 9.17) is 5.73 Å². The van der Waals surface area contributed by atoms with Crippen molar-refractivity contribution in [3.8, 4) is 5.69 Å². The fourth-order valence-electron chi connectivity index (χ4n) is 4.33. The first kappa shape index (κ1) is 25.0. The van der Waals surface area contributed by atoms with Crippen molar-refractivity contribution in [1.29, 1.82) is 0 Å². The molecular formula is C27H30FN5O3. The Labute approximate surface area is 207 Å². The van der Waals surface area contributed by atoms with Gasteiger partial charge in [0.15, 0.2) is 0 Å². The van der Waals surface area contributed by atoms with Gasteiger partial charge in [0.25, 0.3) is 11.1 Å². The number of nitrogen functional groups attached to an aromatic ring is 1. The third kappa shape index (κ3) is 4.10. The van der Waals surface area contributed by atoms with Crippen molar-refractivity contribution in [2.24, 2.45) is 7.05 Å². The summed E-state index contributed by atoms with van der Waals surface area (Å²) in [7, 11) is 1.52. The Bertz CT molecular complexity index is 1640. The molecule has 0 bridgehead atoms. The van der Waals surface area contributed by atoms with E-state index in [2.05, 4.69) is 5.32 Å². The van der Waals surface area contributed by atoms with Crippen molar-refractivity contribution in [2.45, 2.75) is 46.6 Å². The molecule has 4 aromatic rings. The van der Waals surface area contributed by atoms with Crippen molar-refractivity contribution in [2.75, 3.05) is 11.1 Å². The van der Waals surface area contributed by atoms with Crippen LogP contribution in [0.15, 0.2) is 56.8 Å². The lowest BCUT2D eigenvalue weighted by Crippen LogP contribution is -2.41. The van der Waals surface area contributed by atoms with Crippen LogP contribution in [0.4, 0.5) is 21.6 Å². The normalized spacial score (nSPS) is 12.8. The maximum Gasteiger partial charge on any atom is 0.336 e. The first-order valence-corrected chi connectivity index (χ1v) is 12.0. The van der Waals surface area contributed by atoms with Crippen LogP contribution in [0.25, 0.3) is 16.6 Å². The van der Waals surface area contributed by atoms with Gasteiger partial charge in [-0.2, -0.15) is 0 Å². The molecule has 188 valence electrons. The Hall–Kier alpha value is -4.14. The molecule has 0 radical (unpaired) electrons. The van der Waals surface area contributed by atoms with Crippen LogP contribution < -0.4 is 27.9 Å². The summed E-state index contributed by atoms with van der Waals surface area (Å²) in [4.78, 5) is 40.5. The number of nitrogens with two attached hydrogens (primary N) is 1. The molecule has 36 heavy (non-hydrogen) atoms. The largest absolute Gasteiger partial charge is 0.399 e. The van der Waals surface area contributed by atoms with E-state index in [1.165, 1.54) is 26.8 Å². The summed E-state index contributed by atoms with van der Waals surface area (Å²) in [5, 5.41) is 3.09. The quantitative estimate of drug-likeness (QED) is 0.415. The van der Waals surface area contributed by atoms with Crippen molar-refractivity contribution in [3.05, 3.63) is 90.6 Å². The van der Waals surface area contributed by atoms with Gasteiger partial charge in [0.05, 0.1) is 16.9 Å². The SMILES string of the molecule is CC.Cc1ccc(Nc2c3c(=O)n(C4CC4)c(=O)n(-c4ccc(N)cc4)c3c(C)c(=O)n2C)c(F)c1. The lowest BCUT2D eigenvalue weighted by atomic mass is 10.1. The summed E-state index contributed by atoms with van der Waals surface area (Å²) >= 11 is 0. The Kier molecular flexibility index (Phi) is 6.58. The summed E-state index contributed by atoms with van der Waals surface area (Å²) in [5.41, 5.74) is 6.67. The lowest BCUT2D eigenvalue weighted by Gasteiger charge is -2.20. The molecule has 0 atom stereocenters. The number of aryl methyl sites for hydroxylation is 2. The number of aromatic nitrogens is 3. The van der Waals surface area contributed by atoms with Gasteiger partial charge in [-0.05, 0) is 68.7 Å². The Balaban J connectivity index is 0.00000148. The first-order chi connectivity index (χ1) is 17.2. The highest BCUT2D eigenvalue weighted by Gasteiger charge is 2.31. The Morgan fingerprint density at radius 1 is 0.972 bits per heavy atom. The van der Waals surface area contributed by atoms with Crippen LogP contribution in [0.5, 0.6) is 0 Å². The van der Waals surface area contributed by atoms with E-state index in [9.17, 15) is 18.8 Å². The second-order valence-corrected chi connectivity index (χ2v) is 8.79. The maximum absolute atomic E-state index is 14.7. The summed E-state index contributed by atoms with van der Waals surface area (Å²) in [6.45, 7) is 7.35. The van der Waals surface area contributed by atoms with Crippen LogP contribution in [0.3, 0.4) is 0 Å². The van der Waals surface area contributed by atoms with Gasteiger partial charge in [0.1, 0.15) is 17.0 Å². The van der Waals surface area contributed by atoms with Gasteiger partial charge >= 0.3 is 5.69 Å².